The lowest BCUT2D eigenvalue weighted by molar-refractivity contribution is -0.274. The number of alkyl halides is 3. The highest BCUT2D eigenvalue weighted by molar-refractivity contribution is 6.29. The van der Waals surface area contributed by atoms with Gasteiger partial charge < -0.3 is 19.7 Å². The monoisotopic (exact) mass is 373 g/mol. The first-order valence-corrected chi connectivity index (χ1v) is 7.90. The second-order valence-electron chi connectivity index (χ2n) is 5.33. The van der Waals surface area contributed by atoms with E-state index < -0.39 is 6.36 Å². The molecule has 0 saturated carbocycles. The average molecular weight is 374 g/mol. The van der Waals surface area contributed by atoms with E-state index in [2.05, 4.69) is 19.9 Å². The van der Waals surface area contributed by atoms with E-state index in [1.165, 1.54) is 24.3 Å². The number of hydrogen-bond acceptors (Lipinski definition) is 5. The smallest absolute Gasteiger partial charge is 0.406 e. The number of nitrogens with zero attached hydrogens (tertiary/aromatic N) is 2. The van der Waals surface area contributed by atoms with Crippen molar-refractivity contribution in [2.24, 2.45) is 0 Å². The van der Waals surface area contributed by atoms with Gasteiger partial charge >= 0.3 is 6.36 Å². The minimum atomic E-state index is -4.71. The Morgan fingerprint density at radius 3 is 2.40 bits per heavy atom. The van der Waals surface area contributed by atoms with Crippen molar-refractivity contribution in [1.29, 1.82) is 0 Å². The fourth-order valence-electron chi connectivity index (χ4n) is 2.42. The van der Waals surface area contributed by atoms with Crippen molar-refractivity contribution in [1.82, 2.24) is 4.98 Å². The van der Waals surface area contributed by atoms with Gasteiger partial charge in [0, 0.05) is 30.5 Å². The predicted octanol–water partition coefficient (Wildman–Crippen LogP) is 4.21. The molecular weight excluding hydrogens is 359 g/mol. The zero-order valence-electron chi connectivity index (χ0n) is 13.0. The maximum absolute atomic E-state index is 12.2. The molecule has 0 bridgehead atoms. The maximum atomic E-state index is 12.2. The highest BCUT2D eigenvalue weighted by atomic mass is 35.5. The van der Waals surface area contributed by atoms with Crippen LogP contribution in [-0.2, 0) is 4.74 Å². The second-order valence-corrected chi connectivity index (χ2v) is 5.72. The highest BCUT2D eigenvalue weighted by Gasteiger charge is 2.30. The van der Waals surface area contributed by atoms with Crippen LogP contribution in [0.25, 0.3) is 0 Å². The van der Waals surface area contributed by atoms with Gasteiger partial charge in [-0.15, -0.1) is 13.2 Å². The van der Waals surface area contributed by atoms with Gasteiger partial charge in [0.1, 0.15) is 16.7 Å². The predicted molar refractivity (Wildman–Crippen MR) is 88.7 cm³/mol. The topological polar surface area (TPSA) is 46.6 Å². The van der Waals surface area contributed by atoms with Crippen LogP contribution in [0.15, 0.2) is 36.4 Å². The molecule has 1 aromatic heterocycles. The van der Waals surface area contributed by atoms with Gasteiger partial charge in [0.15, 0.2) is 0 Å². The summed E-state index contributed by atoms with van der Waals surface area (Å²) in [5.74, 6) is 0.440. The summed E-state index contributed by atoms with van der Waals surface area (Å²) in [6.45, 7) is 2.68. The summed E-state index contributed by atoms with van der Waals surface area (Å²) < 4.78 is 45.7. The molecule has 0 unspecified atom stereocenters. The minimum absolute atomic E-state index is 0.278. The molecule has 0 amide bonds. The number of benzene rings is 1. The molecule has 1 saturated heterocycles. The van der Waals surface area contributed by atoms with Crippen LogP contribution in [0.4, 0.5) is 30.4 Å². The standard InChI is InChI=1S/C16H15ClF3N3O2/c17-14-9-12(10-15(22-14)23-5-7-24-8-6-23)21-11-1-3-13(4-2-11)25-16(18,19)20/h1-4,9-10H,5-8H2,(H,21,22). The Morgan fingerprint density at radius 1 is 1.08 bits per heavy atom. The van der Waals surface area contributed by atoms with Crippen molar-refractivity contribution in [2.75, 3.05) is 36.5 Å². The van der Waals surface area contributed by atoms with Crippen molar-refractivity contribution >= 4 is 28.8 Å². The molecular formula is C16H15ClF3N3O2. The number of morpholine rings is 1. The van der Waals surface area contributed by atoms with E-state index in [0.29, 0.717) is 29.7 Å². The van der Waals surface area contributed by atoms with Gasteiger partial charge in [0.05, 0.1) is 13.2 Å². The number of anilines is 3. The SMILES string of the molecule is FC(F)(F)Oc1ccc(Nc2cc(Cl)nc(N3CCOCC3)c2)cc1. The van der Waals surface area contributed by atoms with Crippen LogP contribution in [0.1, 0.15) is 0 Å². The van der Waals surface area contributed by atoms with Crippen LogP contribution >= 0.6 is 11.6 Å². The zero-order chi connectivity index (χ0) is 17.9. The molecule has 1 aliphatic heterocycles. The fourth-order valence-corrected chi connectivity index (χ4v) is 2.62. The third-order valence-corrected chi connectivity index (χ3v) is 3.69. The average Bonchev–Trinajstić information content (AvgIpc) is 2.56. The van der Waals surface area contributed by atoms with Gasteiger partial charge in [-0.05, 0) is 30.3 Å². The van der Waals surface area contributed by atoms with E-state index in [1.54, 1.807) is 6.07 Å². The first kappa shape index (κ1) is 17.6. The Kier molecular flexibility index (Phi) is 5.19. The molecule has 0 spiro atoms. The molecule has 1 aliphatic rings. The van der Waals surface area contributed by atoms with E-state index >= 15 is 0 Å². The van der Waals surface area contributed by atoms with Crippen LogP contribution < -0.4 is 15.0 Å². The highest BCUT2D eigenvalue weighted by Crippen LogP contribution is 2.28. The molecule has 9 heteroatoms. The molecule has 0 atom stereocenters. The molecule has 3 rings (SSSR count). The minimum Gasteiger partial charge on any atom is -0.406 e. The van der Waals surface area contributed by atoms with Crippen LogP contribution in [0.2, 0.25) is 5.15 Å². The van der Waals surface area contributed by atoms with Gasteiger partial charge in [0.25, 0.3) is 0 Å². The Morgan fingerprint density at radius 2 is 1.76 bits per heavy atom. The van der Waals surface area contributed by atoms with Crippen molar-refractivity contribution in [2.45, 2.75) is 6.36 Å². The van der Waals surface area contributed by atoms with Gasteiger partial charge in [-0.25, -0.2) is 4.98 Å². The third-order valence-electron chi connectivity index (χ3n) is 3.49. The summed E-state index contributed by atoms with van der Waals surface area (Å²) in [5.41, 5.74) is 1.29. The fraction of sp³-hybridized carbons (Fsp3) is 0.312. The Bertz CT molecular complexity index is 720. The number of aromatic nitrogens is 1. The van der Waals surface area contributed by atoms with E-state index in [-0.39, 0.29) is 5.75 Å². The lowest BCUT2D eigenvalue weighted by atomic mass is 10.2. The maximum Gasteiger partial charge on any atom is 0.573 e. The van der Waals surface area contributed by atoms with Crippen LogP contribution in [0.3, 0.4) is 0 Å². The molecule has 1 aromatic carbocycles. The summed E-state index contributed by atoms with van der Waals surface area (Å²) in [4.78, 5) is 6.36. The number of hydrogen-bond donors (Lipinski definition) is 1. The Labute approximate surface area is 147 Å². The number of ether oxygens (including phenoxy) is 2. The van der Waals surface area contributed by atoms with Crippen LogP contribution in [0, 0.1) is 0 Å². The summed E-state index contributed by atoms with van der Waals surface area (Å²) in [7, 11) is 0. The molecule has 5 nitrogen and oxygen atoms in total. The lowest BCUT2D eigenvalue weighted by Gasteiger charge is -2.28. The van der Waals surface area contributed by atoms with Gasteiger partial charge in [-0.3, -0.25) is 0 Å². The van der Waals surface area contributed by atoms with Crippen molar-refractivity contribution in [3.63, 3.8) is 0 Å². The van der Waals surface area contributed by atoms with Crippen LogP contribution in [0.5, 0.6) is 5.75 Å². The van der Waals surface area contributed by atoms with Gasteiger partial charge in [-0.2, -0.15) is 0 Å². The molecule has 25 heavy (non-hydrogen) atoms. The van der Waals surface area contributed by atoms with Crippen molar-refractivity contribution in [3.8, 4) is 5.75 Å². The van der Waals surface area contributed by atoms with E-state index in [4.69, 9.17) is 16.3 Å². The van der Waals surface area contributed by atoms with Crippen molar-refractivity contribution < 1.29 is 22.6 Å². The summed E-state index contributed by atoms with van der Waals surface area (Å²) in [6.07, 6.45) is -4.71. The van der Waals surface area contributed by atoms with E-state index in [0.717, 1.165) is 18.9 Å². The van der Waals surface area contributed by atoms with E-state index in [9.17, 15) is 13.2 Å². The Hall–Kier alpha value is -2.19. The normalized spacial score (nSPS) is 15.1. The Balaban J connectivity index is 1.72. The molecule has 2 heterocycles. The number of rotatable bonds is 4. The number of halogens is 4. The van der Waals surface area contributed by atoms with Gasteiger partial charge in [-0.1, -0.05) is 11.6 Å². The zero-order valence-corrected chi connectivity index (χ0v) is 13.8. The third kappa shape index (κ3) is 5.14. The molecule has 2 aromatic rings. The molecule has 0 aliphatic carbocycles. The lowest BCUT2D eigenvalue weighted by Crippen LogP contribution is -2.36. The van der Waals surface area contributed by atoms with Gasteiger partial charge in [0.2, 0.25) is 0 Å². The summed E-state index contributed by atoms with van der Waals surface area (Å²) >= 11 is 6.08. The first-order valence-electron chi connectivity index (χ1n) is 7.52. The van der Waals surface area contributed by atoms with Crippen molar-refractivity contribution in [3.05, 3.63) is 41.6 Å². The van der Waals surface area contributed by atoms with Crippen LogP contribution in [-0.4, -0.2) is 37.6 Å². The molecule has 1 fully saturated rings. The molecule has 134 valence electrons. The quantitative estimate of drug-likeness (QED) is 0.813. The number of nitrogens with one attached hydrogen (secondary N) is 1. The largest absolute Gasteiger partial charge is 0.573 e. The first-order chi connectivity index (χ1) is 11.9. The molecule has 0 radical (unpaired) electrons. The molecule has 1 N–H and O–H groups in total. The summed E-state index contributed by atoms with van der Waals surface area (Å²) in [5, 5.41) is 3.42. The van der Waals surface area contributed by atoms with E-state index in [1.807, 2.05) is 6.07 Å². The number of pyridine rings is 1. The summed E-state index contributed by atoms with van der Waals surface area (Å²) in [6, 6.07) is 8.93. The second kappa shape index (κ2) is 7.37.